The Balaban J connectivity index is 2.41. The summed E-state index contributed by atoms with van der Waals surface area (Å²) in [6.07, 6.45) is 3.62. The Morgan fingerprint density at radius 3 is 2.67 bits per heavy atom. The van der Waals surface area contributed by atoms with Gasteiger partial charge < -0.3 is 0 Å². The van der Waals surface area contributed by atoms with Gasteiger partial charge in [-0.25, -0.2) is 0 Å². The fourth-order valence-corrected chi connectivity index (χ4v) is 2.28. The molecule has 0 fully saturated rings. The van der Waals surface area contributed by atoms with E-state index in [1.165, 1.54) is 0 Å². The highest BCUT2D eigenvalue weighted by molar-refractivity contribution is 7.71. The first-order valence-corrected chi connectivity index (χ1v) is 6.06. The van der Waals surface area contributed by atoms with Crippen LogP contribution >= 0.6 is 12.2 Å². The number of pyridine rings is 1. The molecule has 0 atom stereocenters. The zero-order chi connectivity index (χ0) is 12.5. The summed E-state index contributed by atoms with van der Waals surface area (Å²) in [6.45, 7) is 2.03. The summed E-state index contributed by atoms with van der Waals surface area (Å²) >= 11 is 5.27. The van der Waals surface area contributed by atoms with Gasteiger partial charge in [-0.3, -0.25) is 10.1 Å². The minimum absolute atomic E-state index is 0.668. The number of aromatic amines is 1. The van der Waals surface area contributed by atoms with Crippen LogP contribution in [0.15, 0.2) is 42.7 Å². The van der Waals surface area contributed by atoms with E-state index in [9.17, 15) is 0 Å². The second kappa shape index (κ2) is 4.31. The van der Waals surface area contributed by atoms with Gasteiger partial charge in [0.15, 0.2) is 0 Å². The summed E-state index contributed by atoms with van der Waals surface area (Å²) in [7, 11) is 0. The van der Waals surface area contributed by atoms with Gasteiger partial charge in [-0.2, -0.15) is 5.10 Å². The molecule has 3 aromatic rings. The highest BCUT2D eigenvalue weighted by atomic mass is 32.1. The molecule has 1 aromatic carbocycles. The Hall–Kier alpha value is -2.07. The van der Waals surface area contributed by atoms with E-state index < -0.39 is 0 Å². The van der Waals surface area contributed by atoms with Crippen molar-refractivity contribution in [1.82, 2.24) is 15.2 Å². The monoisotopic (exact) mass is 253 g/mol. The molecule has 0 bridgehead atoms. The number of aromatic nitrogens is 3. The number of aryl methyl sites for hydroxylation is 1. The average molecular weight is 253 g/mol. The van der Waals surface area contributed by atoms with Crippen LogP contribution in [0.2, 0.25) is 0 Å². The van der Waals surface area contributed by atoms with Crippen LogP contribution in [0.25, 0.3) is 22.0 Å². The molecule has 0 spiro atoms. The van der Waals surface area contributed by atoms with Crippen LogP contribution in [0.1, 0.15) is 5.56 Å². The first-order chi connectivity index (χ1) is 8.77. The first kappa shape index (κ1) is 11.0. The van der Waals surface area contributed by atoms with Gasteiger partial charge >= 0.3 is 0 Å². The summed E-state index contributed by atoms with van der Waals surface area (Å²) in [5.41, 5.74) is 3.09. The number of rotatable bonds is 1. The Morgan fingerprint density at radius 2 is 1.89 bits per heavy atom. The lowest BCUT2D eigenvalue weighted by molar-refractivity contribution is 1.04. The molecule has 3 nitrogen and oxygen atoms in total. The molecule has 2 heterocycles. The van der Waals surface area contributed by atoms with Crippen molar-refractivity contribution in [3.05, 3.63) is 52.9 Å². The van der Waals surface area contributed by atoms with Gasteiger partial charge in [0.05, 0.1) is 5.69 Å². The number of hydrogen-bond donors (Lipinski definition) is 1. The quantitative estimate of drug-likeness (QED) is 0.673. The van der Waals surface area contributed by atoms with Crippen LogP contribution in [0.5, 0.6) is 0 Å². The van der Waals surface area contributed by atoms with Crippen LogP contribution in [0.3, 0.4) is 0 Å². The molecule has 18 heavy (non-hydrogen) atoms. The summed E-state index contributed by atoms with van der Waals surface area (Å²) in [5, 5.41) is 9.38. The zero-order valence-electron chi connectivity index (χ0n) is 9.84. The Bertz CT molecular complexity index is 777. The van der Waals surface area contributed by atoms with Crippen molar-refractivity contribution in [2.24, 2.45) is 0 Å². The van der Waals surface area contributed by atoms with E-state index >= 15 is 0 Å². The van der Waals surface area contributed by atoms with E-state index in [-0.39, 0.29) is 0 Å². The number of benzene rings is 1. The van der Waals surface area contributed by atoms with E-state index in [2.05, 4.69) is 15.2 Å². The van der Waals surface area contributed by atoms with Crippen molar-refractivity contribution < 1.29 is 0 Å². The Kier molecular flexibility index (Phi) is 2.64. The van der Waals surface area contributed by atoms with Crippen molar-refractivity contribution in [2.45, 2.75) is 6.92 Å². The van der Waals surface area contributed by atoms with Gasteiger partial charge in [0.2, 0.25) is 0 Å². The van der Waals surface area contributed by atoms with Crippen molar-refractivity contribution >= 4 is 23.0 Å². The predicted molar refractivity (Wildman–Crippen MR) is 74.9 cm³/mol. The number of nitrogens with one attached hydrogen (secondary N) is 1. The van der Waals surface area contributed by atoms with Crippen LogP contribution in [0.4, 0.5) is 0 Å². The average Bonchev–Trinajstić information content (AvgIpc) is 2.41. The molecule has 0 amide bonds. The van der Waals surface area contributed by atoms with Crippen LogP contribution in [-0.4, -0.2) is 15.2 Å². The predicted octanol–water partition coefficient (Wildman–Crippen LogP) is 3.66. The van der Waals surface area contributed by atoms with Gasteiger partial charge in [0.25, 0.3) is 0 Å². The highest BCUT2D eigenvalue weighted by Crippen LogP contribution is 2.27. The minimum Gasteiger partial charge on any atom is -0.267 e. The summed E-state index contributed by atoms with van der Waals surface area (Å²) < 4.78 is 0.668. The van der Waals surface area contributed by atoms with Gasteiger partial charge in [0, 0.05) is 28.7 Å². The van der Waals surface area contributed by atoms with E-state index in [1.807, 2.05) is 43.5 Å². The molecule has 0 aliphatic carbocycles. The van der Waals surface area contributed by atoms with Crippen LogP contribution in [-0.2, 0) is 0 Å². The van der Waals surface area contributed by atoms with E-state index in [4.69, 9.17) is 12.2 Å². The van der Waals surface area contributed by atoms with Gasteiger partial charge in [-0.1, -0.05) is 36.5 Å². The van der Waals surface area contributed by atoms with Crippen molar-refractivity contribution in [3.8, 4) is 11.3 Å². The molecule has 4 heteroatoms. The maximum Gasteiger partial charge on any atom is 0.127 e. The highest BCUT2D eigenvalue weighted by Gasteiger charge is 2.08. The van der Waals surface area contributed by atoms with Crippen molar-refractivity contribution in [2.75, 3.05) is 0 Å². The third kappa shape index (κ3) is 1.71. The number of fused-ring (bicyclic) bond motifs is 1. The molecule has 0 saturated carbocycles. The second-order valence-electron chi connectivity index (χ2n) is 4.14. The normalized spacial score (nSPS) is 10.7. The maximum absolute atomic E-state index is 5.27. The van der Waals surface area contributed by atoms with E-state index in [0.717, 1.165) is 27.6 Å². The van der Waals surface area contributed by atoms with Crippen molar-refractivity contribution in [3.63, 3.8) is 0 Å². The largest absolute Gasteiger partial charge is 0.267 e. The summed E-state index contributed by atoms with van der Waals surface area (Å²) in [5.74, 6) is 0. The third-order valence-electron chi connectivity index (χ3n) is 2.97. The van der Waals surface area contributed by atoms with Crippen molar-refractivity contribution in [1.29, 1.82) is 0 Å². The molecular formula is C14H11N3S. The lowest BCUT2D eigenvalue weighted by Gasteiger charge is -2.07. The summed E-state index contributed by atoms with van der Waals surface area (Å²) in [4.78, 5) is 4.11. The van der Waals surface area contributed by atoms with Crippen LogP contribution < -0.4 is 0 Å². The molecule has 88 valence electrons. The number of hydrogen-bond acceptors (Lipinski definition) is 3. The first-order valence-electron chi connectivity index (χ1n) is 5.66. The lowest BCUT2D eigenvalue weighted by atomic mass is 10.0. The zero-order valence-corrected chi connectivity index (χ0v) is 10.7. The fourth-order valence-electron chi connectivity index (χ4n) is 2.06. The molecule has 0 radical (unpaired) electrons. The SMILES string of the molecule is Cc1cnccc1-c1n[nH]c(=S)c2ccccc12. The van der Waals surface area contributed by atoms with Gasteiger partial charge in [0.1, 0.15) is 4.64 Å². The Morgan fingerprint density at radius 1 is 1.11 bits per heavy atom. The van der Waals surface area contributed by atoms with Gasteiger partial charge in [-0.05, 0) is 18.6 Å². The molecule has 2 aromatic heterocycles. The molecular weight excluding hydrogens is 242 g/mol. The lowest BCUT2D eigenvalue weighted by Crippen LogP contribution is -1.93. The third-order valence-corrected chi connectivity index (χ3v) is 3.28. The molecule has 0 unspecified atom stereocenters. The molecule has 0 aliphatic heterocycles. The summed E-state index contributed by atoms with van der Waals surface area (Å²) in [6, 6.07) is 10.0. The second-order valence-corrected chi connectivity index (χ2v) is 4.55. The maximum atomic E-state index is 5.27. The molecule has 0 saturated heterocycles. The minimum atomic E-state index is 0.668. The van der Waals surface area contributed by atoms with E-state index in [1.54, 1.807) is 6.20 Å². The Labute approximate surface area is 110 Å². The standard InChI is InChI=1S/C14H11N3S/c1-9-8-15-7-6-10(9)13-11-4-2-3-5-12(11)14(18)17-16-13/h2-8H,1H3,(H,17,18). The topological polar surface area (TPSA) is 41.6 Å². The smallest absolute Gasteiger partial charge is 0.127 e. The number of nitrogens with zero attached hydrogens (tertiary/aromatic N) is 2. The van der Waals surface area contributed by atoms with E-state index in [0.29, 0.717) is 4.64 Å². The fraction of sp³-hybridized carbons (Fsp3) is 0.0714. The van der Waals surface area contributed by atoms with Gasteiger partial charge in [-0.15, -0.1) is 0 Å². The molecule has 0 aliphatic rings. The molecule has 3 rings (SSSR count). The number of H-pyrrole nitrogens is 1. The molecule has 1 N–H and O–H groups in total. The van der Waals surface area contributed by atoms with Crippen LogP contribution in [0, 0.1) is 11.6 Å².